The van der Waals surface area contributed by atoms with E-state index in [0.29, 0.717) is 18.8 Å². The number of anilines is 1. The van der Waals surface area contributed by atoms with Gasteiger partial charge in [-0.3, -0.25) is 0 Å². The van der Waals surface area contributed by atoms with Gasteiger partial charge in [-0.2, -0.15) is 5.26 Å². The number of nitrogens with zero attached hydrogens (tertiary/aromatic N) is 2. The van der Waals surface area contributed by atoms with Crippen LogP contribution in [0.5, 0.6) is 0 Å². The molecule has 2 N–H and O–H groups in total. The molecule has 0 spiro atoms. The van der Waals surface area contributed by atoms with Crippen molar-refractivity contribution in [1.82, 2.24) is 10.2 Å². The lowest BCUT2D eigenvalue weighted by atomic mass is 9.98. The Morgan fingerprint density at radius 1 is 1.29 bits per heavy atom. The largest absolute Gasteiger partial charge is 0.378 e. The SMILES string of the molecule is C=C(C1=C(C)C(/C=C\C)=C(Nc2ccc(C#N)cc2C)NC#C1)N1CCOCC1.CC. The topological polar surface area (TPSA) is 60.3 Å². The molecule has 0 aliphatic carbocycles. The quantitative estimate of drug-likeness (QED) is 0.674. The van der Waals surface area contributed by atoms with Crippen LogP contribution in [0.25, 0.3) is 0 Å². The summed E-state index contributed by atoms with van der Waals surface area (Å²) in [5.41, 5.74) is 6.50. The lowest BCUT2D eigenvalue weighted by Gasteiger charge is -2.31. The zero-order chi connectivity index (χ0) is 22.8. The fourth-order valence-corrected chi connectivity index (χ4v) is 3.40. The second-order valence-corrected chi connectivity index (χ2v) is 6.98. The average Bonchev–Trinajstić information content (AvgIpc) is 2.96. The second-order valence-electron chi connectivity index (χ2n) is 6.98. The van der Waals surface area contributed by atoms with E-state index in [1.54, 1.807) is 0 Å². The van der Waals surface area contributed by atoms with Gasteiger partial charge in [-0.1, -0.05) is 32.6 Å². The van der Waals surface area contributed by atoms with Crippen LogP contribution in [0.3, 0.4) is 0 Å². The normalized spacial score (nSPS) is 15.8. The first kappa shape index (κ1) is 23.9. The summed E-state index contributed by atoms with van der Waals surface area (Å²) in [6, 6.07) is 10.8. The number of ether oxygens (including phenoxy) is 1. The highest BCUT2D eigenvalue weighted by atomic mass is 16.5. The number of allylic oxidation sites excluding steroid dienone is 5. The first-order valence-electron chi connectivity index (χ1n) is 10.7. The Bertz CT molecular complexity index is 1010. The van der Waals surface area contributed by atoms with Crippen molar-refractivity contribution in [3.63, 3.8) is 0 Å². The van der Waals surface area contributed by atoms with Gasteiger partial charge in [0.25, 0.3) is 0 Å². The molecule has 1 aromatic rings. The summed E-state index contributed by atoms with van der Waals surface area (Å²) in [5.74, 6) is 4.05. The van der Waals surface area contributed by atoms with Gasteiger partial charge in [0, 0.05) is 36.1 Å². The monoisotopic (exact) mass is 416 g/mol. The molecular formula is C26H32N4O. The number of benzene rings is 1. The summed E-state index contributed by atoms with van der Waals surface area (Å²) in [7, 11) is 0. The summed E-state index contributed by atoms with van der Waals surface area (Å²) in [6.07, 6.45) is 4.07. The summed E-state index contributed by atoms with van der Waals surface area (Å²) in [6.45, 7) is 17.4. The molecule has 2 aliphatic rings. The number of nitriles is 1. The molecule has 1 aromatic carbocycles. The van der Waals surface area contributed by atoms with Gasteiger partial charge in [0.15, 0.2) is 0 Å². The van der Waals surface area contributed by atoms with E-state index >= 15 is 0 Å². The molecule has 5 nitrogen and oxygen atoms in total. The number of hydrogen-bond acceptors (Lipinski definition) is 5. The Morgan fingerprint density at radius 3 is 2.61 bits per heavy atom. The summed E-state index contributed by atoms with van der Waals surface area (Å²) in [4.78, 5) is 2.23. The van der Waals surface area contributed by atoms with E-state index < -0.39 is 0 Å². The van der Waals surface area contributed by atoms with Gasteiger partial charge in [0.1, 0.15) is 5.82 Å². The molecule has 2 aliphatic heterocycles. The third kappa shape index (κ3) is 5.81. The molecule has 0 aromatic heterocycles. The van der Waals surface area contributed by atoms with Gasteiger partial charge in [0.2, 0.25) is 0 Å². The third-order valence-corrected chi connectivity index (χ3v) is 5.05. The van der Waals surface area contributed by atoms with Gasteiger partial charge >= 0.3 is 0 Å². The Morgan fingerprint density at radius 2 is 2.00 bits per heavy atom. The molecule has 3 rings (SSSR count). The van der Waals surface area contributed by atoms with Gasteiger partial charge in [-0.15, -0.1) is 0 Å². The van der Waals surface area contributed by atoms with Gasteiger partial charge in [-0.25, -0.2) is 0 Å². The summed E-state index contributed by atoms with van der Waals surface area (Å²) in [5, 5.41) is 15.8. The van der Waals surface area contributed by atoms with E-state index in [1.807, 2.05) is 52.0 Å². The number of morpholine rings is 1. The molecule has 0 radical (unpaired) electrons. The molecule has 2 heterocycles. The molecule has 0 saturated carbocycles. The maximum atomic E-state index is 9.10. The van der Waals surface area contributed by atoms with Crippen molar-refractivity contribution in [1.29, 1.82) is 5.26 Å². The highest BCUT2D eigenvalue weighted by molar-refractivity contribution is 5.63. The number of rotatable bonds is 5. The van der Waals surface area contributed by atoms with Crippen molar-refractivity contribution in [3.05, 3.63) is 76.3 Å². The van der Waals surface area contributed by atoms with E-state index in [4.69, 9.17) is 10.00 Å². The minimum absolute atomic E-state index is 0.643. The first-order valence-corrected chi connectivity index (χ1v) is 10.7. The first-order chi connectivity index (χ1) is 15.0. The van der Waals surface area contributed by atoms with E-state index in [2.05, 4.69) is 53.1 Å². The van der Waals surface area contributed by atoms with E-state index in [0.717, 1.165) is 52.6 Å². The predicted octanol–water partition coefficient (Wildman–Crippen LogP) is 4.82. The van der Waals surface area contributed by atoms with Crippen molar-refractivity contribution in [3.8, 4) is 18.0 Å². The fourth-order valence-electron chi connectivity index (χ4n) is 3.40. The standard InChI is InChI=1S/C24H26N4O.C2H6/c1-5-6-22-18(3)21(19(4)28-11-13-29-14-12-28)9-10-26-24(22)27-23-8-7-20(16-25)15-17(23)2;1-2/h5-8,15,26-27H,4,11-14H2,1-3H3;1-2H3/b6-5-;. The maximum Gasteiger partial charge on any atom is 0.123 e. The number of hydrogen-bond donors (Lipinski definition) is 2. The van der Waals surface area contributed by atoms with Crippen LogP contribution in [0.4, 0.5) is 5.69 Å². The Kier molecular flexibility index (Phi) is 9.00. The molecule has 1 saturated heterocycles. The third-order valence-electron chi connectivity index (χ3n) is 5.05. The maximum absolute atomic E-state index is 9.10. The van der Waals surface area contributed by atoms with Crippen molar-refractivity contribution < 1.29 is 4.74 Å². The highest BCUT2D eigenvalue weighted by Crippen LogP contribution is 2.28. The Hall–Kier alpha value is -3.41. The molecule has 1 fully saturated rings. The molecule has 0 atom stereocenters. The van der Waals surface area contributed by atoms with Crippen LogP contribution in [-0.4, -0.2) is 31.2 Å². The van der Waals surface area contributed by atoms with E-state index in [-0.39, 0.29) is 0 Å². The van der Waals surface area contributed by atoms with Crippen LogP contribution < -0.4 is 10.6 Å². The minimum Gasteiger partial charge on any atom is -0.378 e. The van der Waals surface area contributed by atoms with Crippen LogP contribution in [0, 0.1) is 30.2 Å². The molecular weight excluding hydrogens is 384 g/mol. The van der Waals surface area contributed by atoms with Gasteiger partial charge < -0.3 is 20.3 Å². The second kappa shape index (κ2) is 11.7. The van der Waals surface area contributed by atoms with Crippen LogP contribution in [-0.2, 0) is 4.74 Å². The van der Waals surface area contributed by atoms with Crippen molar-refractivity contribution in [2.45, 2.75) is 34.6 Å². The molecule has 31 heavy (non-hydrogen) atoms. The van der Waals surface area contributed by atoms with Crippen LogP contribution in [0.15, 0.2) is 65.2 Å². The Balaban J connectivity index is 0.00000166. The lowest BCUT2D eigenvalue weighted by molar-refractivity contribution is 0.0552. The van der Waals surface area contributed by atoms with Crippen molar-refractivity contribution in [2.75, 3.05) is 31.6 Å². The van der Waals surface area contributed by atoms with Gasteiger partial charge in [-0.05, 0) is 56.0 Å². The number of aryl methyl sites for hydroxylation is 1. The van der Waals surface area contributed by atoms with Crippen LogP contribution in [0.2, 0.25) is 0 Å². The minimum atomic E-state index is 0.643. The van der Waals surface area contributed by atoms with Crippen molar-refractivity contribution in [2.24, 2.45) is 0 Å². The smallest absolute Gasteiger partial charge is 0.123 e. The molecule has 0 bridgehead atoms. The highest BCUT2D eigenvalue weighted by Gasteiger charge is 2.20. The molecule has 162 valence electrons. The van der Waals surface area contributed by atoms with Crippen molar-refractivity contribution >= 4 is 5.69 Å². The summed E-state index contributed by atoms with van der Waals surface area (Å²) >= 11 is 0. The van der Waals surface area contributed by atoms with Crippen LogP contribution in [0.1, 0.15) is 38.8 Å². The fraction of sp³-hybridized carbons (Fsp3) is 0.346. The zero-order valence-electron chi connectivity index (χ0n) is 19.2. The summed E-state index contributed by atoms with van der Waals surface area (Å²) < 4.78 is 5.46. The van der Waals surface area contributed by atoms with E-state index in [1.165, 1.54) is 0 Å². The van der Waals surface area contributed by atoms with E-state index in [9.17, 15) is 0 Å². The molecule has 5 heteroatoms. The zero-order valence-corrected chi connectivity index (χ0v) is 19.2. The molecule has 0 amide bonds. The average molecular weight is 417 g/mol. The van der Waals surface area contributed by atoms with Gasteiger partial charge in [0.05, 0.1) is 30.4 Å². The van der Waals surface area contributed by atoms with Crippen LogP contribution >= 0.6 is 0 Å². The lowest BCUT2D eigenvalue weighted by Crippen LogP contribution is -2.35. The predicted molar refractivity (Wildman–Crippen MR) is 128 cm³/mol. The molecule has 0 unspecified atom stereocenters. The number of nitrogens with one attached hydrogen (secondary N) is 2. The Labute approximate surface area is 186 Å².